The molecule has 2 heterocycles. The van der Waals surface area contributed by atoms with Crippen molar-refractivity contribution in [3.05, 3.63) is 59.8 Å². The van der Waals surface area contributed by atoms with Crippen molar-refractivity contribution < 1.29 is 0 Å². The summed E-state index contributed by atoms with van der Waals surface area (Å²) in [6, 6.07) is 10.5. The normalized spacial score (nSPS) is 15.7. The topological polar surface area (TPSA) is 31.7 Å². The van der Waals surface area contributed by atoms with Crippen LogP contribution in [-0.2, 0) is 0 Å². The van der Waals surface area contributed by atoms with E-state index in [1.165, 1.54) is 5.56 Å². The average molecular weight is 377 g/mol. The molecule has 4 nitrogen and oxygen atoms in total. The SMILES string of the molecule is C=C(C)c1c(C)cccc1N=C(CCC)c1cccnc1N1CCN(C)CC1. The van der Waals surface area contributed by atoms with E-state index in [-0.39, 0.29) is 0 Å². The van der Waals surface area contributed by atoms with E-state index in [0.29, 0.717) is 0 Å². The molecule has 0 amide bonds. The van der Waals surface area contributed by atoms with E-state index >= 15 is 0 Å². The van der Waals surface area contributed by atoms with Crippen LogP contribution < -0.4 is 4.90 Å². The highest BCUT2D eigenvalue weighted by atomic mass is 15.3. The quantitative estimate of drug-likeness (QED) is 0.658. The first-order valence-electron chi connectivity index (χ1n) is 10.2. The molecule has 0 aliphatic carbocycles. The van der Waals surface area contributed by atoms with E-state index in [4.69, 9.17) is 9.98 Å². The van der Waals surface area contributed by atoms with Crippen molar-refractivity contribution in [3.63, 3.8) is 0 Å². The zero-order chi connectivity index (χ0) is 20.1. The Morgan fingerprint density at radius 1 is 1.14 bits per heavy atom. The molecule has 0 atom stereocenters. The summed E-state index contributed by atoms with van der Waals surface area (Å²) in [5.74, 6) is 1.06. The number of piperazine rings is 1. The summed E-state index contributed by atoms with van der Waals surface area (Å²) >= 11 is 0. The van der Waals surface area contributed by atoms with Gasteiger partial charge in [0.2, 0.25) is 0 Å². The first-order chi connectivity index (χ1) is 13.5. The third-order valence-corrected chi connectivity index (χ3v) is 5.32. The summed E-state index contributed by atoms with van der Waals surface area (Å²) in [7, 11) is 2.18. The second kappa shape index (κ2) is 9.16. The molecule has 1 aliphatic heterocycles. The van der Waals surface area contributed by atoms with Crippen molar-refractivity contribution in [3.8, 4) is 0 Å². The summed E-state index contributed by atoms with van der Waals surface area (Å²) in [4.78, 5) is 14.7. The smallest absolute Gasteiger partial charge is 0.137 e. The number of pyridine rings is 1. The molecule has 1 aliphatic rings. The molecular weight excluding hydrogens is 344 g/mol. The Morgan fingerprint density at radius 2 is 1.89 bits per heavy atom. The monoisotopic (exact) mass is 376 g/mol. The fourth-order valence-electron chi connectivity index (χ4n) is 3.83. The molecule has 0 unspecified atom stereocenters. The van der Waals surface area contributed by atoms with Crippen LogP contribution in [-0.4, -0.2) is 48.8 Å². The number of aromatic nitrogens is 1. The number of rotatable bonds is 6. The van der Waals surface area contributed by atoms with Crippen LogP contribution in [0.1, 0.15) is 43.4 Å². The molecule has 148 valence electrons. The summed E-state index contributed by atoms with van der Waals surface area (Å²) in [6.07, 6.45) is 3.87. The zero-order valence-corrected chi connectivity index (χ0v) is 17.7. The lowest BCUT2D eigenvalue weighted by atomic mass is 10.00. The highest BCUT2D eigenvalue weighted by Gasteiger charge is 2.20. The first kappa shape index (κ1) is 20.3. The van der Waals surface area contributed by atoms with Gasteiger partial charge in [-0.05, 0) is 56.7 Å². The van der Waals surface area contributed by atoms with Gasteiger partial charge in [0.1, 0.15) is 5.82 Å². The van der Waals surface area contributed by atoms with E-state index in [1.54, 1.807) is 0 Å². The van der Waals surface area contributed by atoms with Gasteiger partial charge >= 0.3 is 0 Å². The Labute approximate surface area is 169 Å². The standard InChI is InChI=1S/C24H32N4/c1-6-9-21(26-22-12-7-10-19(4)23(22)18(2)3)20-11-8-13-25-24(20)28-16-14-27(5)15-17-28/h7-8,10-13H,2,6,9,14-17H2,1,3-5H3. The Balaban J connectivity index is 2.06. The van der Waals surface area contributed by atoms with Gasteiger partial charge in [0.15, 0.2) is 0 Å². The predicted octanol–water partition coefficient (Wildman–Crippen LogP) is 5.10. The number of hydrogen-bond acceptors (Lipinski definition) is 4. The van der Waals surface area contributed by atoms with Gasteiger partial charge in [0.05, 0.1) is 11.4 Å². The lowest BCUT2D eigenvalue weighted by Gasteiger charge is -2.34. The van der Waals surface area contributed by atoms with E-state index in [2.05, 4.69) is 68.5 Å². The van der Waals surface area contributed by atoms with Gasteiger partial charge in [-0.15, -0.1) is 0 Å². The van der Waals surface area contributed by atoms with Gasteiger partial charge in [0.25, 0.3) is 0 Å². The van der Waals surface area contributed by atoms with Gasteiger partial charge in [-0.2, -0.15) is 0 Å². The zero-order valence-electron chi connectivity index (χ0n) is 17.7. The van der Waals surface area contributed by atoms with Gasteiger partial charge in [-0.3, -0.25) is 4.99 Å². The van der Waals surface area contributed by atoms with Crippen molar-refractivity contribution >= 4 is 22.8 Å². The van der Waals surface area contributed by atoms with E-state index < -0.39 is 0 Å². The minimum absolute atomic E-state index is 0.927. The fraction of sp³-hybridized carbons (Fsp3) is 0.417. The highest BCUT2D eigenvalue weighted by Crippen LogP contribution is 2.31. The third kappa shape index (κ3) is 4.50. The molecule has 1 aromatic carbocycles. The van der Waals surface area contributed by atoms with Crippen LogP contribution in [0, 0.1) is 6.92 Å². The molecule has 1 saturated heterocycles. The van der Waals surface area contributed by atoms with Crippen molar-refractivity contribution in [1.82, 2.24) is 9.88 Å². The summed E-state index contributed by atoms with van der Waals surface area (Å²) in [5.41, 5.74) is 6.69. The second-order valence-corrected chi connectivity index (χ2v) is 7.72. The number of hydrogen-bond donors (Lipinski definition) is 0. The molecule has 3 rings (SSSR count). The lowest BCUT2D eigenvalue weighted by molar-refractivity contribution is 0.312. The van der Waals surface area contributed by atoms with Gasteiger partial charge in [-0.1, -0.05) is 32.1 Å². The number of benzene rings is 1. The van der Waals surface area contributed by atoms with Crippen LogP contribution in [0.5, 0.6) is 0 Å². The van der Waals surface area contributed by atoms with Gasteiger partial charge in [0, 0.05) is 43.5 Å². The third-order valence-electron chi connectivity index (χ3n) is 5.32. The molecule has 2 aromatic rings. The molecule has 0 bridgehead atoms. The van der Waals surface area contributed by atoms with Gasteiger partial charge in [-0.25, -0.2) is 4.98 Å². The number of aliphatic imine (C=N–C) groups is 1. The van der Waals surface area contributed by atoms with Crippen LogP contribution in [0.25, 0.3) is 5.57 Å². The second-order valence-electron chi connectivity index (χ2n) is 7.72. The predicted molar refractivity (Wildman–Crippen MR) is 121 cm³/mol. The number of nitrogens with zero attached hydrogens (tertiary/aromatic N) is 4. The van der Waals surface area contributed by atoms with E-state index in [0.717, 1.165) is 72.9 Å². The molecule has 28 heavy (non-hydrogen) atoms. The van der Waals surface area contributed by atoms with E-state index in [9.17, 15) is 0 Å². The molecule has 0 N–H and O–H groups in total. The van der Waals surface area contributed by atoms with Crippen LogP contribution in [0.3, 0.4) is 0 Å². The molecule has 1 fully saturated rings. The Bertz CT molecular complexity index is 861. The van der Waals surface area contributed by atoms with Crippen LogP contribution in [0.2, 0.25) is 0 Å². The molecule has 0 radical (unpaired) electrons. The number of aryl methyl sites for hydroxylation is 1. The first-order valence-corrected chi connectivity index (χ1v) is 10.2. The van der Waals surface area contributed by atoms with Crippen molar-refractivity contribution in [2.24, 2.45) is 4.99 Å². The van der Waals surface area contributed by atoms with Crippen LogP contribution >= 0.6 is 0 Å². The summed E-state index contributed by atoms with van der Waals surface area (Å²) < 4.78 is 0. The van der Waals surface area contributed by atoms with Crippen molar-refractivity contribution in [2.45, 2.75) is 33.6 Å². The number of anilines is 1. The maximum absolute atomic E-state index is 5.15. The van der Waals surface area contributed by atoms with Crippen molar-refractivity contribution in [1.29, 1.82) is 0 Å². The molecule has 4 heteroatoms. The summed E-state index contributed by atoms with van der Waals surface area (Å²) in [6.45, 7) is 14.7. The number of likely N-dealkylation sites (N-methyl/N-ethyl adjacent to an activating group) is 1. The van der Waals surface area contributed by atoms with Crippen LogP contribution in [0.4, 0.5) is 11.5 Å². The molecular formula is C24H32N4. The Kier molecular flexibility index (Phi) is 6.63. The minimum Gasteiger partial charge on any atom is -0.354 e. The highest BCUT2D eigenvalue weighted by molar-refractivity contribution is 6.06. The minimum atomic E-state index is 0.927. The molecule has 0 spiro atoms. The fourth-order valence-corrected chi connectivity index (χ4v) is 3.83. The molecule has 1 aromatic heterocycles. The Hall–Kier alpha value is -2.46. The lowest BCUT2D eigenvalue weighted by Crippen LogP contribution is -2.45. The summed E-state index contributed by atoms with van der Waals surface area (Å²) in [5, 5.41) is 0. The van der Waals surface area contributed by atoms with Crippen LogP contribution in [0.15, 0.2) is 48.1 Å². The van der Waals surface area contributed by atoms with Gasteiger partial charge < -0.3 is 9.80 Å². The average Bonchev–Trinajstić information content (AvgIpc) is 2.68. The number of allylic oxidation sites excluding steroid dienone is 1. The maximum atomic E-state index is 5.15. The largest absolute Gasteiger partial charge is 0.354 e. The Morgan fingerprint density at radius 3 is 2.57 bits per heavy atom. The van der Waals surface area contributed by atoms with E-state index in [1.807, 2.05) is 12.3 Å². The molecule has 0 saturated carbocycles. The maximum Gasteiger partial charge on any atom is 0.137 e. The van der Waals surface area contributed by atoms with Crippen molar-refractivity contribution in [2.75, 3.05) is 38.1 Å².